The van der Waals surface area contributed by atoms with Crippen molar-refractivity contribution in [3.8, 4) is 0 Å². The van der Waals surface area contributed by atoms with Crippen molar-refractivity contribution in [3.05, 3.63) is 0 Å². The molecule has 0 aliphatic carbocycles. The third-order valence-electron chi connectivity index (χ3n) is 3.70. The molecule has 0 aromatic heterocycles. The first-order valence-corrected chi connectivity index (χ1v) is 6.74. The molecule has 1 rings (SSSR count). The Kier molecular flexibility index (Phi) is 5.92. The fourth-order valence-electron chi connectivity index (χ4n) is 2.41. The zero-order valence-electron chi connectivity index (χ0n) is 11.5. The lowest BCUT2D eigenvalue weighted by atomic mass is 9.77. The van der Waals surface area contributed by atoms with Crippen molar-refractivity contribution in [2.24, 2.45) is 5.41 Å². The van der Waals surface area contributed by atoms with Gasteiger partial charge in [-0.3, -0.25) is 4.79 Å². The normalized spacial score (nSPS) is 24.9. The summed E-state index contributed by atoms with van der Waals surface area (Å²) in [7, 11) is 4.11. The molecule has 0 bridgehead atoms. The summed E-state index contributed by atoms with van der Waals surface area (Å²) in [5, 5.41) is 6.44. The summed E-state index contributed by atoms with van der Waals surface area (Å²) >= 11 is 0. The lowest BCUT2D eigenvalue weighted by Crippen LogP contribution is -2.50. The van der Waals surface area contributed by atoms with Crippen LogP contribution in [0.4, 0.5) is 0 Å². The average molecular weight is 241 g/mol. The lowest BCUT2D eigenvalue weighted by molar-refractivity contribution is -0.132. The highest BCUT2D eigenvalue weighted by atomic mass is 16.2. The van der Waals surface area contributed by atoms with E-state index in [2.05, 4.69) is 36.6 Å². The molecular formula is C13H27N3O. The van der Waals surface area contributed by atoms with Crippen LogP contribution in [-0.4, -0.2) is 51.1 Å². The van der Waals surface area contributed by atoms with E-state index in [0.717, 1.165) is 51.9 Å². The Morgan fingerprint density at radius 3 is 2.76 bits per heavy atom. The average Bonchev–Trinajstić information content (AvgIpc) is 2.35. The van der Waals surface area contributed by atoms with E-state index in [1.807, 2.05) is 0 Å². The van der Waals surface area contributed by atoms with Crippen molar-refractivity contribution >= 4 is 5.91 Å². The van der Waals surface area contributed by atoms with Crippen molar-refractivity contribution in [1.29, 1.82) is 0 Å². The molecule has 1 fully saturated rings. The minimum atomic E-state index is -0.156. The van der Waals surface area contributed by atoms with Gasteiger partial charge in [-0.2, -0.15) is 0 Å². The molecule has 0 saturated carbocycles. The molecule has 4 nitrogen and oxygen atoms in total. The number of hydrogen-bond acceptors (Lipinski definition) is 3. The Morgan fingerprint density at radius 1 is 1.47 bits per heavy atom. The minimum Gasteiger partial charge on any atom is -0.356 e. The first kappa shape index (κ1) is 14.5. The number of carbonyl (C=O) groups excluding carboxylic acids is 1. The van der Waals surface area contributed by atoms with Crippen molar-refractivity contribution in [2.45, 2.75) is 32.6 Å². The first-order valence-electron chi connectivity index (χ1n) is 6.74. The molecule has 1 atom stereocenters. The Bertz CT molecular complexity index is 235. The van der Waals surface area contributed by atoms with Gasteiger partial charge in [0.15, 0.2) is 0 Å². The number of carbonyl (C=O) groups is 1. The summed E-state index contributed by atoms with van der Waals surface area (Å²) < 4.78 is 0. The van der Waals surface area contributed by atoms with E-state index in [1.54, 1.807) is 0 Å². The molecule has 0 spiro atoms. The van der Waals surface area contributed by atoms with Gasteiger partial charge in [0.1, 0.15) is 0 Å². The molecule has 1 amide bonds. The molecule has 1 aliphatic rings. The van der Waals surface area contributed by atoms with Crippen LogP contribution in [0.5, 0.6) is 0 Å². The summed E-state index contributed by atoms with van der Waals surface area (Å²) in [4.78, 5) is 14.4. The molecule has 0 radical (unpaired) electrons. The molecule has 4 heteroatoms. The van der Waals surface area contributed by atoms with E-state index in [-0.39, 0.29) is 11.3 Å². The summed E-state index contributed by atoms with van der Waals surface area (Å²) in [6.45, 7) is 5.82. The van der Waals surface area contributed by atoms with Gasteiger partial charge in [-0.25, -0.2) is 0 Å². The Labute approximate surface area is 105 Å². The second kappa shape index (κ2) is 6.97. The van der Waals surface area contributed by atoms with Gasteiger partial charge in [0.2, 0.25) is 5.91 Å². The van der Waals surface area contributed by atoms with E-state index < -0.39 is 0 Å². The number of nitrogens with one attached hydrogen (secondary N) is 2. The van der Waals surface area contributed by atoms with Gasteiger partial charge in [-0.1, -0.05) is 6.92 Å². The molecule has 1 heterocycles. The molecule has 0 aromatic carbocycles. The summed E-state index contributed by atoms with van der Waals surface area (Å²) in [6, 6.07) is 0. The maximum absolute atomic E-state index is 12.2. The Balaban J connectivity index is 2.33. The van der Waals surface area contributed by atoms with E-state index in [4.69, 9.17) is 0 Å². The van der Waals surface area contributed by atoms with Crippen LogP contribution >= 0.6 is 0 Å². The zero-order chi connectivity index (χ0) is 12.7. The smallest absolute Gasteiger partial charge is 0.227 e. The number of amides is 1. The number of piperidine rings is 1. The van der Waals surface area contributed by atoms with Crippen LogP contribution in [0.25, 0.3) is 0 Å². The topological polar surface area (TPSA) is 44.4 Å². The number of rotatable bonds is 6. The second-order valence-electron chi connectivity index (χ2n) is 5.33. The third-order valence-corrected chi connectivity index (χ3v) is 3.70. The number of nitrogens with zero attached hydrogens (tertiary/aromatic N) is 1. The molecule has 17 heavy (non-hydrogen) atoms. The van der Waals surface area contributed by atoms with Gasteiger partial charge < -0.3 is 15.5 Å². The van der Waals surface area contributed by atoms with Crippen LogP contribution in [0.15, 0.2) is 0 Å². The molecule has 1 aliphatic heterocycles. The largest absolute Gasteiger partial charge is 0.356 e. The SMILES string of the molecule is CCC1(C(=O)NCCCN(C)C)CCCNC1. The molecule has 1 unspecified atom stereocenters. The van der Waals surface area contributed by atoms with Crippen LogP contribution in [0, 0.1) is 5.41 Å². The predicted molar refractivity (Wildman–Crippen MR) is 71.0 cm³/mol. The first-order chi connectivity index (χ1) is 8.10. The molecule has 2 N–H and O–H groups in total. The van der Waals surface area contributed by atoms with Crippen molar-refractivity contribution in [3.63, 3.8) is 0 Å². The van der Waals surface area contributed by atoms with Gasteiger partial charge in [-0.15, -0.1) is 0 Å². The summed E-state index contributed by atoms with van der Waals surface area (Å²) in [5.41, 5.74) is -0.156. The van der Waals surface area contributed by atoms with Crippen molar-refractivity contribution < 1.29 is 4.79 Å². The van der Waals surface area contributed by atoms with Crippen molar-refractivity contribution in [2.75, 3.05) is 40.3 Å². The quantitative estimate of drug-likeness (QED) is 0.677. The maximum Gasteiger partial charge on any atom is 0.227 e. The molecule has 0 aromatic rings. The standard InChI is InChI=1S/C13H27N3O/c1-4-13(7-5-8-14-11-13)12(17)15-9-6-10-16(2)3/h14H,4-11H2,1-3H3,(H,15,17). The van der Waals surface area contributed by atoms with Gasteiger partial charge >= 0.3 is 0 Å². The molecule has 1 saturated heterocycles. The third kappa shape index (κ3) is 4.28. The van der Waals surface area contributed by atoms with Crippen LogP contribution in [0.3, 0.4) is 0 Å². The summed E-state index contributed by atoms with van der Waals surface area (Å²) in [6.07, 6.45) is 4.08. The number of hydrogen-bond donors (Lipinski definition) is 2. The van der Waals surface area contributed by atoms with E-state index in [1.165, 1.54) is 0 Å². The predicted octanol–water partition coefficient (Wildman–Crippen LogP) is 0.834. The summed E-state index contributed by atoms with van der Waals surface area (Å²) in [5.74, 6) is 0.242. The van der Waals surface area contributed by atoms with Gasteiger partial charge in [0.05, 0.1) is 5.41 Å². The van der Waals surface area contributed by atoms with Crippen LogP contribution < -0.4 is 10.6 Å². The van der Waals surface area contributed by atoms with Crippen LogP contribution in [0.2, 0.25) is 0 Å². The van der Waals surface area contributed by atoms with Crippen LogP contribution in [-0.2, 0) is 4.79 Å². The van der Waals surface area contributed by atoms with Gasteiger partial charge in [0, 0.05) is 13.1 Å². The molecule has 100 valence electrons. The van der Waals surface area contributed by atoms with Gasteiger partial charge in [0.25, 0.3) is 0 Å². The highest BCUT2D eigenvalue weighted by molar-refractivity contribution is 5.82. The van der Waals surface area contributed by atoms with Crippen molar-refractivity contribution in [1.82, 2.24) is 15.5 Å². The van der Waals surface area contributed by atoms with Crippen LogP contribution in [0.1, 0.15) is 32.6 Å². The van der Waals surface area contributed by atoms with Gasteiger partial charge in [-0.05, 0) is 52.9 Å². The van der Waals surface area contributed by atoms with E-state index in [0.29, 0.717) is 0 Å². The molecular weight excluding hydrogens is 214 g/mol. The Hall–Kier alpha value is -0.610. The highest BCUT2D eigenvalue weighted by Gasteiger charge is 2.37. The highest BCUT2D eigenvalue weighted by Crippen LogP contribution is 2.30. The fraction of sp³-hybridized carbons (Fsp3) is 0.923. The van der Waals surface area contributed by atoms with E-state index in [9.17, 15) is 4.79 Å². The second-order valence-corrected chi connectivity index (χ2v) is 5.33. The maximum atomic E-state index is 12.2. The minimum absolute atomic E-state index is 0.156. The zero-order valence-corrected chi connectivity index (χ0v) is 11.5. The fourth-order valence-corrected chi connectivity index (χ4v) is 2.41. The lowest BCUT2D eigenvalue weighted by Gasteiger charge is -2.35. The monoisotopic (exact) mass is 241 g/mol. The Morgan fingerprint density at radius 2 is 2.24 bits per heavy atom. The van der Waals surface area contributed by atoms with E-state index >= 15 is 0 Å².